The lowest BCUT2D eigenvalue weighted by Gasteiger charge is -2.28. The fourth-order valence-corrected chi connectivity index (χ4v) is 4.33. The molecule has 2 aliphatic rings. The van der Waals surface area contributed by atoms with Crippen LogP contribution >= 0.6 is 12.4 Å². The summed E-state index contributed by atoms with van der Waals surface area (Å²) in [6, 6.07) is 12.4. The van der Waals surface area contributed by atoms with Crippen molar-refractivity contribution in [1.29, 1.82) is 0 Å². The molecule has 2 fully saturated rings. The summed E-state index contributed by atoms with van der Waals surface area (Å²) in [5.74, 6) is 1.12. The van der Waals surface area contributed by atoms with Crippen LogP contribution in [0.15, 0.2) is 42.5 Å². The van der Waals surface area contributed by atoms with Crippen LogP contribution in [0, 0.1) is 31.5 Å². The van der Waals surface area contributed by atoms with E-state index < -0.39 is 0 Å². The van der Waals surface area contributed by atoms with Crippen LogP contribution in [-0.2, 0) is 4.79 Å². The Bertz CT molecular complexity index is 860. The van der Waals surface area contributed by atoms with Crippen LogP contribution in [0.2, 0.25) is 0 Å². The average Bonchev–Trinajstić information content (AvgIpc) is 3.23. The van der Waals surface area contributed by atoms with Crippen molar-refractivity contribution in [3.8, 4) is 5.75 Å². The van der Waals surface area contributed by atoms with Gasteiger partial charge in [-0.1, -0.05) is 18.2 Å². The number of rotatable bonds is 4. The van der Waals surface area contributed by atoms with E-state index in [1.807, 2.05) is 43.0 Å². The van der Waals surface area contributed by atoms with Gasteiger partial charge in [0, 0.05) is 25.6 Å². The zero-order chi connectivity index (χ0) is 19.0. The van der Waals surface area contributed by atoms with Crippen molar-refractivity contribution in [2.75, 3.05) is 26.2 Å². The Morgan fingerprint density at radius 2 is 2.00 bits per heavy atom. The Kier molecular flexibility index (Phi) is 6.26. The second-order valence-corrected chi connectivity index (χ2v) is 7.66. The van der Waals surface area contributed by atoms with Gasteiger partial charge in [-0.25, -0.2) is 4.39 Å². The maximum atomic E-state index is 13.8. The maximum Gasteiger partial charge on any atom is 0.261 e. The second kappa shape index (κ2) is 8.50. The van der Waals surface area contributed by atoms with Crippen molar-refractivity contribution in [2.45, 2.75) is 19.9 Å². The van der Waals surface area contributed by atoms with E-state index in [4.69, 9.17) is 4.74 Å². The molecular weight excluding hydrogens is 379 g/mol. The third kappa shape index (κ3) is 4.01. The summed E-state index contributed by atoms with van der Waals surface area (Å²) in [4.78, 5) is 14.8. The van der Waals surface area contributed by atoms with Crippen molar-refractivity contribution in [3.05, 3.63) is 65.0 Å². The standard InChI is InChI=1S/C22H25FN2O2.ClH/c1-14-6-7-19(8-15(14)2)27-13-21(26)25-12-17-10-24-11-20(17)22(25)16-4-3-5-18(23)9-16;/h3-9,17,20,22,24H,10-13H2,1-2H3;1H/t17-,20-,22+;/m0./s1. The van der Waals surface area contributed by atoms with Gasteiger partial charge in [0.25, 0.3) is 5.91 Å². The Hall–Kier alpha value is -2.11. The lowest BCUT2D eigenvalue weighted by atomic mass is 9.89. The van der Waals surface area contributed by atoms with Gasteiger partial charge in [0.05, 0.1) is 6.04 Å². The fourth-order valence-electron chi connectivity index (χ4n) is 4.33. The van der Waals surface area contributed by atoms with Crippen LogP contribution in [0.3, 0.4) is 0 Å². The number of hydrogen-bond donors (Lipinski definition) is 1. The molecule has 4 rings (SSSR count). The molecule has 0 unspecified atom stereocenters. The largest absolute Gasteiger partial charge is 0.484 e. The molecule has 0 bridgehead atoms. The molecule has 2 aromatic rings. The van der Waals surface area contributed by atoms with Crippen LogP contribution in [0.25, 0.3) is 0 Å². The van der Waals surface area contributed by atoms with Crippen LogP contribution in [-0.4, -0.2) is 37.0 Å². The predicted molar refractivity (Wildman–Crippen MR) is 109 cm³/mol. The molecule has 0 aliphatic carbocycles. The topological polar surface area (TPSA) is 41.6 Å². The minimum absolute atomic E-state index is 0. The lowest BCUT2D eigenvalue weighted by molar-refractivity contribution is -0.134. The summed E-state index contributed by atoms with van der Waals surface area (Å²) in [6.07, 6.45) is 0. The first-order valence-electron chi connectivity index (χ1n) is 9.48. The zero-order valence-corrected chi connectivity index (χ0v) is 17.0. The highest BCUT2D eigenvalue weighted by atomic mass is 35.5. The Morgan fingerprint density at radius 3 is 2.75 bits per heavy atom. The molecule has 150 valence electrons. The first-order valence-corrected chi connectivity index (χ1v) is 9.48. The van der Waals surface area contributed by atoms with Crippen molar-refractivity contribution < 1.29 is 13.9 Å². The van der Waals surface area contributed by atoms with E-state index in [1.165, 1.54) is 11.6 Å². The van der Waals surface area contributed by atoms with Crippen molar-refractivity contribution in [3.63, 3.8) is 0 Å². The highest BCUT2D eigenvalue weighted by Crippen LogP contribution is 2.42. The van der Waals surface area contributed by atoms with E-state index in [0.717, 1.165) is 24.2 Å². The summed E-state index contributed by atoms with van der Waals surface area (Å²) in [6.45, 7) is 6.52. The number of carbonyl (C=O) groups excluding carboxylic acids is 1. The molecule has 2 heterocycles. The van der Waals surface area contributed by atoms with Gasteiger partial charge < -0.3 is 15.0 Å². The normalized spacial score (nSPS) is 23.2. The number of amides is 1. The van der Waals surface area contributed by atoms with Crippen molar-refractivity contribution >= 4 is 18.3 Å². The van der Waals surface area contributed by atoms with Gasteiger partial charge in [0.15, 0.2) is 6.61 Å². The fraction of sp³-hybridized carbons (Fsp3) is 0.409. The quantitative estimate of drug-likeness (QED) is 0.845. The molecule has 2 aromatic carbocycles. The Morgan fingerprint density at radius 1 is 1.18 bits per heavy atom. The average molecular weight is 405 g/mol. The summed E-state index contributed by atoms with van der Waals surface area (Å²) >= 11 is 0. The van der Waals surface area contributed by atoms with E-state index in [0.29, 0.717) is 24.1 Å². The number of nitrogens with one attached hydrogen (secondary N) is 1. The number of benzene rings is 2. The molecule has 6 heteroatoms. The lowest BCUT2D eigenvalue weighted by Crippen LogP contribution is -2.37. The number of hydrogen-bond acceptors (Lipinski definition) is 3. The van der Waals surface area contributed by atoms with Crippen molar-refractivity contribution in [1.82, 2.24) is 10.2 Å². The highest BCUT2D eigenvalue weighted by molar-refractivity contribution is 5.85. The third-order valence-corrected chi connectivity index (χ3v) is 5.92. The van der Waals surface area contributed by atoms with Gasteiger partial charge >= 0.3 is 0 Å². The minimum Gasteiger partial charge on any atom is -0.484 e. The van der Waals surface area contributed by atoms with Gasteiger partial charge in [-0.15, -0.1) is 12.4 Å². The number of nitrogens with zero attached hydrogens (tertiary/aromatic N) is 1. The van der Waals surface area contributed by atoms with Gasteiger partial charge in [-0.05, 0) is 60.7 Å². The number of ether oxygens (including phenoxy) is 1. The van der Waals surface area contributed by atoms with Gasteiger partial charge in [0.1, 0.15) is 11.6 Å². The molecular formula is C22H26ClFN2O2. The molecule has 3 atom stereocenters. The van der Waals surface area contributed by atoms with Crippen LogP contribution in [0.4, 0.5) is 4.39 Å². The molecule has 1 N–H and O–H groups in total. The van der Waals surface area contributed by atoms with E-state index in [2.05, 4.69) is 5.32 Å². The van der Waals surface area contributed by atoms with E-state index in [9.17, 15) is 9.18 Å². The van der Waals surface area contributed by atoms with E-state index in [-0.39, 0.29) is 36.8 Å². The molecule has 1 amide bonds. The first-order chi connectivity index (χ1) is 13.0. The number of aryl methyl sites for hydroxylation is 2. The van der Waals surface area contributed by atoms with Crippen LogP contribution in [0.5, 0.6) is 5.75 Å². The van der Waals surface area contributed by atoms with Crippen LogP contribution < -0.4 is 10.1 Å². The first kappa shape index (κ1) is 20.6. The summed E-state index contributed by atoms with van der Waals surface area (Å²) in [5.41, 5.74) is 3.20. The predicted octanol–water partition coefficient (Wildman–Crippen LogP) is 3.66. The molecule has 0 spiro atoms. The molecule has 2 saturated heterocycles. The van der Waals surface area contributed by atoms with Gasteiger partial charge in [-0.2, -0.15) is 0 Å². The zero-order valence-electron chi connectivity index (χ0n) is 16.2. The SMILES string of the molecule is Cc1ccc(OCC(=O)N2C[C@@H]3CNC[C@@H]3[C@H]2c2cccc(F)c2)cc1C.Cl. The third-order valence-electron chi connectivity index (χ3n) is 5.92. The Labute approximate surface area is 171 Å². The van der Waals surface area contributed by atoms with E-state index in [1.54, 1.807) is 12.1 Å². The molecule has 2 aliphatic heterocycles. The van der Waals surface area contributed by atoms with Crippen LogP contribution in [0.1, 0.15) is 22.7 Å². The molecule has 28 heavy (non-hydrogen) atoms. The minimum atomic E-state index is -0.263. The van der Waals surface area contributed by atoms with Gasteiger partial charge in [-0.3, -0.25) is 4.79 Å². The highest BCUT2D eigenvalue weighted by Gasteiger charge is 2.46. The van der Waals surface area contributed by atoms with Gasteiger partial charge in [0.2, 0.25) is 0 Å². The summed E-state index contributed by atoms with van der Waals surface area (Å²) < 4.78 is 19.6. The molecule has 4 nitrogen and oxygen atoms in total. The molecule has 0 saturated carbocycles. The van der Waals surface area contributed by atoms with E-state index >= 15 is 0 Å². The summed E-state index contributed by atoms with van der Waals surface area (Å²) in [7, 11) is 0. The van der Waals surface area contributed by atoms with Crippen molar-refractivity contribution in [2.24, 2.45) is 11.8 Å². The number of halogens is 2. The number of likely N-dealkylation sites (tertiary alicyclic amines) is 1. The molecule has 0 aromatic heterocycles. The number of carbonyl (C=O) groups is 1. The second-order valence-electron chi connectivity index (χ2n) is 7.66. The monoisotopic (exact) mass is 404 g/mol. The Balaban J connectivity index is 0.00000225. The smallest absolute Gasteiger partial charge is 0.261 e. The summed E-state index contributed by atoms with van der Waals surface area (Å²) in [5, 5.41) is 3.40. The number of fused-ring (bicyclic) bond motifs is 1. The maximum absolute atomic E-state index is 13.8. The molecule has 0 radical (unpaired) electrons.